The zero-order chi connectivity index (χ0) is 41.4. The summed E-state index contributed by atoms with van der Waals surface area (Å²) in [5.41, 5.74) is -1.70. The lowest BCUT2D eigenvalue weighted by Gasteiger charge is -2.49. The number of nitrogens with zero attached hydrogens (tertiary/aromatic N) is 1. The van der Waals surface area contributed by atoms with E-state index in [1.807, 2.05) is 0 Å². The fraction of sp³-hybridized carbons (Fsp3) is 0.381. The molecule has 10 atom stereocenters. The van der Waals surface area contributed by atoms with Gasteiger partial charge in [-0.25, -0.2) is 0 Å². The van der Waals surface area contributed by atoms with Gasteiger partial charge in [0.15, 0.2) is 18.0 Å². The number of hydrogen-bond acceptors (Lipinski definition) is 14. The van der Waals surface area contributed by atoms with Crippen molar-refractivity contribution in [2.45, 2.75) is 89.8 Å². The second-order valence-corrected chi connectivity index (χ2v) is 14.3. The van der Waals surface area contributed by atoms with Gasteiger partial charge in [-0.3, -0.25) is 38.9 Å². The fourth-order valence-corrected chi connectivity index (χ4v) is 9.12. The van der Waals surface area contributed by atoms with E-state index in [4.69, 9.17) is 28.4 Å². The van der Waals surface area contributed by atoms with E-state index in [0.717, 1.165) is 34.6 Å². The minimum atomic E-state index is -1.98. The second kappa shape index (κ2) is 15.7. The monoisotopic (exact) mass is 783 g/mol. The predicted molar refractivity (Wildman–Crippen MR) is 198 cm³/mol. The molecule has 6 rings (SSSR count). The molecule has 2 fully saturated rings. The molecule has 0 radical (unpaired) electrons. The Morgan fingerprint density at radius 2 is 1.11 bits per heavy atom. The van der Waals surface area contributed by atoms with Crippen molar-refractivity contribution in [1.82, 2.24) is 0 Å². The maximum Gasteiger partial charge on any atom is 0.305 e. The number of ketones is 1. The largest absolute Gasteiger partial charge is 0.459 e. The number of benzene rings is 3. The van der Waals surface area contributed by atoms with Crippen molar-refractivity contribution < 1.29 is 62.1 Å². The fourth-order valence-electron chi connectivity index (χ4n) is 9.12. The summed E-state index contributed by atoms with van der Waals surface area (Å²) in [6.45, 7) is 6.64. The molecular weight excluding hydrogens is 742 g/mol. The first-order valence-corrected chi connectivity index (χ1v) is 18.2. The number of fused-ring (bicyclic) bond motifs is 2. The normalized spacial score (nSPS) is 29.5. The SMILES string of the molecule is CC(=O)O[C@H]1O[C@H]([C@@H](OC(C)=O)[C@H]2[C@@H]([N+](=O)[O-])[C@]3(C)C(=O)[C@@]2(c2ccccc2)C(c2ccccc2)=C3c2ccccc2)[C@H](OC(C)=O)[C@H](OC(C)=O)[C@H]1OC(C)=O. The molecule has 1 aliphatic heterocycles. The van der Waals surface area contributed by atoms with Crippen molar-refractivity contribution in [2.24, 2.45) is 11.3 Å². The van der Waals surface area contributed by atoms with Gasteiger partial charge in [0, 0.05) is 39.5 Å². The molecule has 3 aliphatic rings. The predicted octanol–water partition coefficient (Wildman–Crippen LogP) is 4.41. The Balaban J connectivity index is 1.74. The number of Topliss-reactive ketones (excluding diaryl/α,β-unsaturated/α-hetero) is 1. The van der Waals surface area contributed by atoms with Crippen LogP contribution in [0.1, 0.15) is 58.2 Å². The van der Waals surface area contributed by atoms with Crippen molar-refractivity contribution in [3.63, 3.8) is 0 Å². The Morgan fingerprint density at radius 1 is 0.649 bits per heavy atom. The van der Waals surface area contributed by atoms with Crippen LogP contribution in [-0.2, 0) is 62.6 Å². The lowest BCUT2D eigenvalue weighted by atomic mass is 9.59. The molecule has 0 aromatic heterocycles. The van der Waals surface area contributed by atoms with E-state index in [0.29, 0.717) is 27.8 Å². The van der Waals surface area contributed by atoms with E-state index >= 15 is 4.79 Å². The molecule has 1 saturated carbocycles. The Hall–Kier alpha value is -6.22. The zero-order valence-electron chi connectivity index (χ0n) is 31.9. The molecular formula is C42H41NO14. The van der Waals surface area contributed by atoms with Crippen LogP contribution in [0.2, 0.25) is 0 Å². The molecule has 2 bridgehead atoms. The standard InChI is InChI=1S/C42H41NO14/c1-22(44)52-33(34-35(53-23(2)45)36(54-24(3)46)37(55-25(4)47)39(57-34)56-26(5)48)32-38(43(50)51)41(6)30(27-16-10-7-11-17-27)31(28-18-12-8-13-19-28)42(32,40(41)49)29-20-14-9-15-21-29/h7-21,32-39H,1-6H3/t32-,33-,34+,35-,36-,37+,38+,39-,41+,42-/m0/s1. The molecule has 3 aromatic rings. The highest BCUT2D eigenvalue weighted by Gasteiger charge is 2.82. The van der Waals surface area contributed by atoms with E-state index in [1.54, 1.807) is 91.0 Å². The van der Waals surface area contributed by atoms with Crippen molar-refractivity contribution in [1.29, 1.82) is 0 Å². The lowest BCUT2D eigenvalue weighted by molar-refractivity contribution is -0.544. The Kier molecular flexibility index (Phi) is 11.2. The van der Waals surface area contributed by atoms with Gasteiger partial charge in [-0.05, 0) is 34.8 Å². The number of hydrogen-bond donors (Lipinski definition) is 0. The number of carbonyl (C=O) groups excluding carboxylic acids is 6. The summed E-state index contributed by atoms with van der Waals surface area (Å²) in [6.07, 6.45) is -11.0. The molecule has 0 N–H and O–H groups in total. The summed E-state index contributed by atoms with van der Waals surface area (Å²) < 4.78 is 34.7. The van der Waals surface area contributed by atoms with Gasteiger partial charge in [-0.1, -0.05) is 91.0 Å². The molecule has 0 unspecified atom stereocenters. The quantitative estimate of drug-likeness (QED) is 0.115. The summed E-state index contributed by atoms with van der Waals surface area (Å²) in [5.74, 6) is -6.98. The molecule has 15 nitrogen and oxygen atoms in total. The first-order valence-electron chi connectivity index (χ1n) is 18.2. The van der Waals surface area contributed by atoms with Gasteiger partial charge >= 0.3 is 29.8 Å². The van der Waals surface area contributed by atoms with E-state index in [2.05, 4.69) is 0 Å². The first kappa shape index (κ1) is 40.4. The van der Waals surface area contributed by atoms with Gasteiger partial charge in [-0.15, -0.1) is 0 Å². The van der Waals surface area contributed by atoms with E-state index in [1.165, 1.54) is 6.92 Å². The summed E-state index contributed by atoms with van der Waals surface area (Å²) in [5, 5.41) is 13.8. The van der Waals surface area contributed by atoms with Crippen molar-refractivity contribution >= 4 is 46.8 Å². The summed E-state index contributed by atoms with van der Waals surface area (Å²) in [6, 6.07) is 24.2. The van der Waals surface area contributed by atoms with Gasteiger partial charge in [-0.2, -0.15) is 0 Å². The second-order valence-electron chi connectivity index (χ2n) is 14.3. The van der Waals surface area contributed by atoms with Crippen molar-refractivity contribution in [3.8, 4) is 0 Å². The van der Waals surface area contributed by atoms with E-state index in [-0.39, 0.29) is 0 Å². The van der Waals surface area contributed by atoms with Crippen LogP contribution < -0.4 is 0 Å². The highest BCUT2D eigenvalue weighted by Crippen LogP contribution is 2.71. The number of carbonyl (C=O) groups is 6. The number of nitro groups is 1. The molecule has 0 amide bonds. The molecule has 15 heteroatoms. The minimum absolute atomic E-state index is 0.322. The maximum atomic E-state index is 15.8. The third-order valence-corrected chi connectivity index (χ3v) is 10.7. The third-order valence-electron chi connectivity index (χ3n) is 10.7. The van der Waals surface area contributed by atoms with Gasteiger partial charge in [0.05, 0.1) is 11.3 Å². The maximum absolute atomic E-state index is 15.8. The van der Waals surface area contributed by atoms with Crippen LogP contribution in [0, 0.1) is 21.4 Å². The van der Waals surface area contributed by atoms with Gasteiger partial charge in [0.1, 0.15) is 17.6 Å². The molecule has 0 spiro atoms. The summed E-state index contributed by atoms with van der Waals surface area (Å²) >= 11 is 0. The highest BCUT2D eigenvalue weighted by atomic mass is 16.7. The zero-order valence-corrected chi connectivity index (χ0v) is 31.9. The molecule has 57 heavy (non-hydrogen) atoms. The average Bonchev–Trinajstić information content (AvgIpc) is 3.48. The van der Waals surface area contributed by atoms with Crippen LogP contribution in [0.4, 0.5) is 0 Å². The molecule has 298 valence electrons. The van der Waals surface area contributed by atoms with E-state index < -0.39 is 100 Å². The third kappa shape index (κ3) is 6.96. The average molecular weight is 784 g/mol. The Labute approximate surface area is 327 Å². The summed E-state index contributed by atoms with van der Waals surface area (Å²) in [4.78, 5) is 92.9. The molecule has 1 saturated heterocycles. The molecule has 1 heterocycles. The van der Waals surface area contributed by atoms with Crippen LogP contribution in [0.25, 0.3) is 11.1 Å². The van der Waals surface area contributed by atoms with Crippen LogP contribution in [-0.4, -0.2) is 83.4 Å². The van der Waals surface area contributed by atoms with Crippen LogP contribution >= 0.6 is 0 Å². The smallest absolute Gasteiger partial charge is 0.305 e. The van der Waals surface area contributed by atoms with E-state index in [9.17, 15) is 34.1 Å². The number of esters is 5. The van der Waals surface area contributed by atoms with Gasteiger partial charge < -0.3 is 28.4 Å². The first-order chi connectivity index (χ1) is 27.0. The van der Waals surface area contributed by atoms with Crippen LogP contribution in [0.3, 0.4) is 0 Å². The topological polar surface area (TPSA) is 201 Å². The minimum Gasteiger partial charge on any atom is -0.459 e. The number of allylic oxidation sites excluding steroid dienone is 1. The highest BCUT2D eigenvalue weighted by molar-refractivity contribution is 6.26. The lowest BCUT2D eigenvalue weighted by Crippen LogP contribution is -2.67. The van der Waals surface area contributed by atoms with Crippen LogP contribution in [0.5, 0.6) is 0 Å². The van der Waals surface area contributed by atoms with Gasteiger partial charge in [0.2, 0.25) is 18.4 Å². The van der Waals surface area contributed by atoms with Gasteiger partial charge in [0.25, 0.3) is 0 Å². The summed E-state index contributed by atoms with van der Waals surface area (Å²) in [7, 11) is 0. The van der Waals surface area contributed by atoms with Crippen molar-refractivity contribution in [3.05, 3.63) is 118 Å². The molecule has 3 aromatic carbocycles. The van der Waals surface area contributed by atoms with Crippen LogP contribution in [0.15, 0.2) is 91.0 Å². The van der Waals surface area contributed by atoms with Crippen molar-refractivity contribution in [2.75, 3.05) is 0 Å². The Bertz CT molecular complexity index is 2120. The molecule has 2 aliphatic carbocycles. The Morgan fingerprint density at radius 3 is 1.58 bits per heavy atom. The number of ether oxygens (including phenoxy) is 6. The number of rotatable bonds is 11.